The van der Waals surface area contributed by atoms with Crippen LogP contribution in [0.25, 0.3) is 0 Å². The number of ether oxygens (including phenoxy) is 1. The maximum atomic E-state index is 11.7. The maximum Gasteiger partial charge on any atom is 0.308 e. The Kier molecular flexibility index (Phi) is 4.99. The summed E-state index contributed by atoms with van der Waals surface area (Å²) in [5.41, 5.74) is 0.250. The van der Waals surface area contributed by atoms with Gasteiger partial charge in [-0.2, -0.15) is 0 Å². The van der Waals surface area contributed by atoms with Crippen LogP contribution in [0.3, 0.4) is 0 Å². The molecular weight excluding hydrogens is 266 g/mol. The zero-order valence-electron chi connectivity index (χ0n) is 14.1. The van der Waals surface area contributed by atoms with Gasteiger partial charge >= 0.3 is 5.97 Å². The Bertz CT molecular complexity index is 377. The van der Waals surface area contributed by atoms with Crippen LogP contribution in [0.1, 0.15) is 53.4 Å². The Hall–Kier alpha value is -0.610. The zero-order chi connectivity index (χ0) is 15.8. The van der Waals surface area contributed by atoms with E-state index in [0.29, 0.717) is 12.0 Å². The van der Waals surface area contributed by atoms with Gasteiger partial charge in [0.15, 0.2) is 0 Å². The van der Waals surface area contributed by atoms with Gasteiger partial charge in [-0.3, -0.25) is 9.69 Å². The summed E-state index contributed by atoms with van der Waals surface area (Å²) in [5, 5.41) is 9.60. The van der Waals surface area contributed by atoms with Gasteiger partial charge in [-0.1, -0.05) is 20.8 Å². The SMILES string of the molecule is CC1OCCC1N(C)C1CC(C(C)(C)C)CCC1C(=O)O. The summed E-state index contributed by atoms with van der Waals surface area (Å²) in [6.45, 7) is 9.72. The lowest BCUT2D eigenvalue weighted by Gasteiger charge is -2.46. The molecule has 21 heavy (non-hydrogen) atoms. The van der Waals surface area contributed by atoms with Gasteiger partial charge in [-0.25, -0.2) is 0 Å². The van der Waals surface area contributed by atoms with E-state index in [4.69, 9.17) is 4.74 Å². The quantitative estimate of drug-likeness (QED) is 0.870. The second-order valence-corrected chi connectivity index (χ2v) is 7.99. The van der Waals surface area contributed by atoms with Crippen molar-refractivity contribution in [1.82, 2.24) is 4.90 Å². The number of likely N-dealkylation sites (N-methyl/N-ethyl adjacent to an activating group) is 1. The lowest BCUT2D eigenvalue weighted by Crippen LogP contribution is -2.52. The van der Waals surface area contributed by atoms with Crippen molar-refractivity contribution >= 4 is 5.97 Å². The highest BCUT2D eigenvalue weighted by molar-refractivity contribution is 5.71. The summed E-state index contributed by atoms with van der Waals surface area (Å²) in [6, 6.07) is 0.491. The molecule has 1 N–H and O–H groups in total. The molecule has 0 bridgehead atoms. The van der Waals surface area contributed by atoms with E-state index in [1.165, 1.54) is 0 Å². The minimum absolute atomic E-state index is 0.134. The molecular formula is C17H31NO3. The van der Waals surface area contributed by atoms with Gasteiger partial charge in [0, 0.05) is 18.7 Å². The highest BCUT2D eigenvalue weighted by Gasteiger charge is 2.43. The molecule has 0 aromatic heterocycles. The summed E-state index contributed by atoms with van der Waals surface area (Å²) in [7, 11) is 2.10. The van der Waals surface area contributed by atoms with Gasteiger partial charge in [-0.05, 0) is 51.0 Å². The fraction of sp³-hybridized carbons (Fsp3) is 0.941. The number of hydrogen-bond donors (Lipinski definition) is 1. The predicted octanol–water partition coefficient (Wildman–Crippen LogP) is 3.01. The van der Waals surface area contributed by atoms with Crippen LogP contribution in [-0.4, -0.2) is 47.8 Å². The van der Waals surface area contributed by atoms with Gasteiger partial charge < -0.3 is 9.84 Å². The van der Waals surface area contributed by atoms with Gasteiger partial charge in [0.05, 0.1) is 12.0 Å². The third-order valence-electron chi connectivity index (χ3n) is 5.74. The standard InChI is InChI=1S/C17H31NO3/c1-11-14(8-9-21-11)18(5)15-10-12(17(2,3)4)6-7-13(15)16(19)20/h11-15H,6-10H2,1-5H3,(H,19,20). The lowest BCUT2D eigenvalue weighted by molar-refractivity contribution is -0.147. The van der Waals surface area contributed by atoms with Crippen LogP contribution in [-0.2, 0) is 9.53 Å². The van der Waals surface area contributed by atoms with Crippen molar-refractivity contribution < 1.29 is 14.6 Å². The van der Waals surface area contributed by atoms with Crippen molar-refractivity contribution in [3.05, 3.63) is 0 Å². The lowest BCUT2D eigenvalue weighted by atomic mass is 9.67. The molecule has 2 aliphatic rings. The number of nitrogens with zero attached hydrogens (tertiary/aromatic N) is 1. The third-order valence-corrected chi connectivity index (χ3v) is 5.74. The molecule has 1 aliphatic heterocycles. The minimum Gasteiger partial charge on any atom is -0.481 e. The number of hydrogen-bond acceptors (Lipinski definition) is 3. The number of carboxylic acids is 1. The zero-order valence-corrected chi connectivity index (χ0v) is 14.1. The van der Waals surface area contributed by atoms with E-state index in [9.17, 15) is 9.90 Å². The fourth-order valence-electron chi connectivity index (χ4n) is 4.17. The maximum absolute atomic E-state index is 11.7. The molecule has 5 unspecified atom stereocenters. The largest absolute Gasteiger partial charge is 0.481 e. The summed E-state index contributed by atoms with van der Waals surface area (Å²) in [5.74, 6) is -0.273. The van der Waals surface area contributed by atoms with Gasteiger partial charge in [-0.15, -0.1) is 0 Å². The van der Waals surface area contributed by atoms with Crippen molar-refractivity contribution in [1.29, 1.82) is 0 Å². The molecule has 1 aliphatic carbocycles. The minimum atomic E-state index is -0.634. The number of carbonyl (C=O) groups is 1. The van der Waals surface area contributed by atoms with E-state index < -0.39 is 5.97 Å². The Morgan fingerprint density at radius 1 is 1.19 bits per heavy atom. The van der Waals surface area contributed by atoms with Crippen molar-refractivity contribution in [2.75, 3.05) is 13.7 Å². The van der Waals surface area contributed by atoms with E-state index in [-0.39, 0.29) is 23.5 Å². The summed E-state index contributed by atoms with van der Waals surface area (Å²) in [4.78, 5) is 14.0. The van der Waals surface area contributed by atoms with Gasteiger partial charge in [0.2, 0.25) is 0 Å². The first-order valence-electron chi connectivity index (χ1n) is 8.28. The molecule has 0 amide bonds. The van der Waals surface area contributed by atoms with Crippen LogP contribution in [0.5, 0.6) is 0 Å². The highest BCUT2D eigenvalue weighted by atomic mass is 16.5. The second-order valence-electron chi connectivity index (χ2n) is 7.99. The molecule has 2 rings (SSSR count). The summed E-state index contributed by atoms with van der Waals surface area (Å²) >= 11 is 0. The molecule has 4 heteroatoms. The highest BCUT2D eigenvalue weighted by Crippen LogP contribution is 2.42. The molecule has 122 valence electrons. The predicted molar refractivity (Wildman–Crippen MR) is 83.3 cm³/mol. The Labute approximate surface area is 128 Å². The van der Waals surface area contributed by atoms with Crippen molar-refractivity contribution in [2.24, 2.45) is 17.3 Å². The summed E-state index contributed by atoms with van der Waals surface area (Å²) < 4.78 is 5.68. The van der Waals surface area contributed by atoms with Gasteiger partial charge in [0.1, 0.15) is 0 Å². The Balaban J connectivity index is 2.15. The van der Waals surface area contributed by atoms with E-state index in [0.717, 1.165) is 32.3 Å². The van der Waals surface area contributed by atoms with Crippen LogP contribution in [0.4, 0.5) is 0 Å². The molecule has 1 heterocycles. The average Bonchev–Trinajstić information content (AvgIpc) is 2.82. The van der Waals surface area contributed by atoms with Crippen molar-refractivity contribution in [3.8, 4) is 0 Å². The number of rotatable bonds is 3. The Morgan fingerprint density at radius 2 is 1.86 bits per heavy atom. The van der Waals surface area contributed by atoms with Crippen LogP contribution in [0.2, 0.25) is 0 Å². The van der Waals surface area contributed by atoms with Crippen LogP contribution in [0.15, 0.2) is 0 Å². The first-order valence-corrected chi connectivity index (χ1v) is 8.28. The number of aliphatic carboxylic acids is 1. The normalized spacial score (nSPS) is 37.9. The molecule has 0 aromatic carbocycles. The Morgan fingerprint density at radius 3 is 2.33 bits per heavy atom. The average molecular weight is 297 g/mol. The van der Waals surface area contributed by atoms with E-state index in [2.05, 4.69) is 39.6 Å². The van der Waals surface area contributed by atoms with Crippen LogP contribution >= 0.6 is 0 Å². The van der Waals surface area contributed by atoms with E-state index in [1.54, 1.807) is 0 Å². The first-order chi connectivity index (χ1) is 9.71. The molecule has 1 saturated carbocycles. The van der Waals surface area contributed by atoms with Crippen molar-refractivity contribution in [3.63, 3.8) is 0 Å². The van der Waals surface area contributed by atoms with Gasteiger partial charge in [0.25, 0.3) is 0 Å². The van der Waals surface area contributed by atoms with E-state index >= 15 is 0 Å². The molecule has 4 nitrogen and oxygen atoms in total. The summed E-state index contributed by atoms with van der Waals surface area (Å²) in [6.07, 6.45) is 4.04. The topological polar surface area (TPSA) is 49.8 Å². The smallest absolute Gasteiger partial charge is 0.308 e. The molecule has 1 saturated heterocycles. The van der Waals surface area contributed by atoms with Crippen LogP contribution < -0.4 is 0 Å². The monoisotopic (exact) mass is 297 g/mol. The fourth-order valence-corrected chi connectivity index (χ4v) is 4.17. The molecule has 0 spiro atoms. The third kappa shape index (κ3) is 3.59. The molecule has 0 aromatic rings. The molecule has 2 fully saturated rings. The van der Waals surface area contributed by atoms with Crippen LogP contribution in [0, 0.1) is 17.3 Å². The number of carboxylic acid groups (broad SMARTS) is 1. The second kappa shape index (κ2) is 6.25. The van der Waals surface area contributed by atoms with Crippen molar-refractivity contribution in [2.45, 2.75) is 71.6 Å². The molecule has 0 radical (unpaired) electrons. The van der Waals surface area contributed by atoms with E-state index in [1.807, 2.05) is 0 Å². The molecule has 5 atom stereocenters. The first kappa shape index (κ1) is 16.8.